The van der Waals surface area contributed by atoms with E-state index in [1.165, 1.54) is 19.3 Å². The van der Waals surface area contributed by atoms with Crippen LogP contribution < -0.4 is 15.8 Å². The average Bonchev–Trinajstić information content (AvgIpc) is 2.46. The quantitative estimate of drug-likeness (QED) is 0.876. The minimum absolute atomic E-state index is 0.382. The molecule has 2 unspecified atom stereocenters. The van der Waals surface area contributed by atoms with Gasteiger partial charge < -0.3 is 15.8 Å². The van der Waals surface area contributed by atoms with Crippen LogP contribution >= 0.6 is 0 Å². The Kier molecular flexibility index (Phi) is 5.21. The van der Waals surface area contributed by atoms with Gasteiger partial charge in [-0.05, 0) is 43.4 Å². The van der Waals surface area contributed by atoms with Crippen LogP contribution in [0, 0.1) is 11.8 Å². The Bertz CT molecular complexity index is 394. The molecule has 1 amide bonds. The molecule has 0 radical (unpaired) electrons. The van der Waals surface area contributed by atoms with Crippen molar-refractivity contribution in [1.29, 1.82) is 0 Å². The van der Waals surface area contributed by atoms with Crippen LogP contribution in [0.15, 0.2) is 30.3 Å². The van der Waals surface area contributed by atoms with Crippen molar-refractivity contribution in [3.8, 4) is 5.75 Å². The second-order valence-electron chi connectivity index (χ2n) is 5.12. The molecule has 0 heterocycles. The van der Waals surface area contributed by atoms with Crippen molar-refractivity contribution in [2.75, 3.05) is 13.1 Å². The second-order valence-corrected chi connectivity index (χ2v) is 5.12. The number of para-hydroxylation sites is 1. The zero-order valence-corrected chi connectivity index (χ0v) is 11.2. The molecule has 0 spiro atoms. The van der Waals surface area contributed by atoms with E-state index >= 15 is 0 Å². The fourth-order valence-corrected chi connectivity index (χ4v) is 2.71. The molecule has 1 aliphatic rings. The number of carbonyl (C=O) groups is 1. The summed E-state index contributed by atoms with van der Waals surface area (Å²) in [7, 11) is 0. The van der Waals surface area contributed by atoms with Gasteiger partial charge in [-0.15, -0.1) is 0 Å². The molecule has 3 N–H and O–H groups in total. The summed E-state index contributed by atoms with van der Waals surface area (Å²) in [4.78, 5) is 11.7. The van der Waals surface area contributed by atoms with Gasteiger partial charge in [-0.1, -0.05) is 31.0 Å². The summed E-state index contributed by atoms with van der Waals surface area (Å²) in [6.07, 6.45) is 4.43. The Morgan fingerprint density at radius 3 is 2.58 bits per heavy atom. The Balaban J connectivity index is 1.76. The number of ether oxygens (including phenoxy) is 1. The van der Waals surface area contributed by atoms with Gasteiger partial charge in [-0.2, -0.15) is 0 Å². The van der Waals surface area contributed by atoms with Crippen molar-refractivity contribution in [3.05, 3.63) is 30.3 Å². The fourth-order valence-electron chi connectivity index (χ4n) is 2.71. The van der Waals surface area contributed by atoms with Gasteiger partial charge in [0.25, 0.3) is 0 Å². The van der Waals surface area contributed by atoms with Gasteiger partial charge in [-0.25, -0.2) is 4.79 Å². The smallest absolute Gasteiger partial charge is 0.410 e. The van der Waals surface area contributed by atoms with Gasteiger partial charge >= 0.3 is 6.09 Å². The number of nitrogens with one attached hydrogen (secondary N) is 1. The van der Waals surface area contributed by atoms with Crippen molar-refractivity contribution >= 4 is 6.09 Å². The molecule has 2 rings (SSSR count). The minimum Gasteiger partial charge on any atom is -0.410 e. The van der Waals surface area contributed by atoms with Crippen LogP contribution in [-0.2, 0) is 0 Å². The number of benzene rings is 1. The SMILES string of the molecule is NCC1CCCCC1CNC(=O)Oc1ccccc1. The first kappa shape index (κ1) is 13.9. The first-order chi connectivity index (χ1) is 9.29. The summed E-state index contributed by atoms with van der Waals surface area (Å²) in [5, 5.41) is 2.85. The normalized spacial score (nSPS) is 22.8. The maximum Gasteiger partial charge on any atom is 0.412 e. The van der Waals surface area contributed by atoms with E-state index in [2.05, 4.69) is 5.32 Å². The van der Waals surface area contributed by atoms with Crippen molar-refractivity contribution < 1.29 is 9.53 Å². The number of hydrogen-bond acceptors (Lipinski definition) is 3. The van der Waals surface area contributed by atoms with Gasteiger partial charge in [0.15, 0.2) is 0 Å². The van der Waals surface area contributed by atoms with Crippen molar-refractivity contribution in [2.24, 2.45) is 17.6 Å². The highest BCUT2D eigenvalue weighted by atomic mass is 16.5. The van der Waals surface area contributed by atoms with Gasteiger partial charge in [0.05, 0.1) is 0 Å². The molecule has 4 heteroatoms. The van der Waals surface area contributed by atoms with E-state index in [9.17, 15) is 4.79 Å². The maximum atomic E-state index is 11.7. The summed E-state index contributed by atoms with van der Waals surface area (Å²) >= 11 is 0. The highest BCUT2D eigenvalue weighted by molar-refractivity contribution is 5.70. The molecular weight excluding hydrogens is 240 g/mol. The van der Waals surface area contributed by atoms with E-state index in [0.29, 0.717) is 30.7 Å². The van der Waals surface area contributed by atoms with E-state index in [4.69, 9.17) is 10.5 Å². The van der Waals surface area contributed by atoms with Crippen LogP contribution in [0.5, 0.6) is 5.75 Å². The first-order valence-corrected chi connectivity index (χ1v) is 7.00. The predicted molar refractivity (Wildman–Crippen MR) is 75.0 cm³/mol. The second kappa shape index (κ2) is 7.14. The monoisotopic (exact) mass is 262 g/mol. The largest absolute Gasteiger partial charge is 0.412 e. The van der Waals surface area contributed by atoms with E-state index in [1.807, 2.05) is 18.2 Å². The molecule has 1 saturated carbocycles. The lowest BCUT2D eigenvalue weighted by Crippen LogP contribution is -2.38. The topological polar surface area (TPSA) is 64.3 Å². The maximum absolute atomic E-state index is 11.7. The van der Waals surface area contributed by atoms with E-state index < -0.39 is 0 Å². The zero-order chi connectivity index (χ0) is 13.5. The molecule has 104 valence electrons. The number of rotatable bonds is 4. The summed E-state index contributed by atoms with van der Waals surface area (Å²) in [6, 6.07) is 9.10. The minimum atomic E-state index is -0.382. The molecule has 0 aliphatic heterocycles. The first-order valence-electron chi connectivity index (χ1n) is 7.00. The van der Waals surface area contributed by atoms with Crippen molar-refractivity contribution in [1.82, 2.24) is 5.32 Å². The highest BCUT2D eigenvalue weighted by Gasteiger charge is 2.24. The van der Waals surface area contributed by atoms with Crippen LogP contribution in [0.2, 0.25) is 0 Å². The third-order valence-electron chi connectivity index (χ3n) is 3.83. The van der Waals surface area contributed by atoms with Gasteiger partial charge in [-0.3, -0.25) is 0 Å². The molecule has 2 atom stereocenters. The molecule has 4 nitrogen and oxygen atoms in total. The molecule has 1 aromatic rings. The van der Waals surface area contributed by atoms with Crippen LogP contribution in [-0.4, -0.2) is 19.2 Å². The molecule has 0 bridgehead atoms. The van der Waals surface area contributed by atoms with Gasteiger partial charge in [0.2, 0.25) is 0 Å². The van der Waals surface area contributed by atoms with E-state index in [0.717, 1.165) is 6.42 Å². The molecule has 0 saturated heterocycles. The van der Waals surface area contributed by atoms with Gasteiger partial charge in [0, 0.05) is 6.54 Å². The van der Waals surface area contributed by atoms with E-state index in [1.54, 1.807) is 12.1 Å². The molecule has 1 aliphatic carbocycles. The highest BCUT2D eigenvalue weighted by Crippen LogP contribution is 2.28. The lowest BCUT2D eigenvalue weighted by molar-refractivity contribution is 0.188. The summed E-state index contributed by atoms with van der Waals surface area (Å²) < 4.78 is 5.19. The lowest BCUT2D eigenvalue weighted by Gasteiger charge is -2.30. The third kappa shape index (κ3) is 4.24. The average molecular weight is 262 g/mol. The van der Waals surface area contributed by atoms with Crippen LogP contribution in [0.25, 0.3) is 0 Å². The molecule has 1 fully saturated rings. The lowest BCUT2D eigenvalue weighted by atomic mass is 9.79. The van der Waals surface area contributed by atoms with Crippen LogP contribution in [0.1, 0.15) is 25.7 Å². The fraction of sp³-hybridized carbons (Fsp3) is 0.533. The third-order valence-corrected chi connectivity index (χ3v) is 3.83. The van der Waals surface area contributed by atoms with Gasteiger partial charge in [0.1, 0.15) is 5.75 Å². The van der Waals surface area contributed by atoms with Crippen LogP contribution in [0.4, 0.5) is 4.79 Å². The predicted octanol–water partition coefficient (Wildman–Crippen LogP) is 2.54. The van der Waals surface area contributed by atoms with Crippen molar-refractivity contribution in [3.63, 3.8) is 0 Å². The number of nitrogens with two attached hydrogens (primary N) is 1. The van der Waals surface area contributed by atoms with Crippen molar-refractivity contribution in [2.45, 2.75) is 25.7 Å². The standard InChI is InChI=1S/C15H22N2O2/c16-10-12-6-4-5-7-13(12)11-17-15(18)19-14-8-2-1-3-9-14/h1-3,8-9,12-13H,4-7,10-11,16H2,(H,17,18). The summed E-state index contributed by atoms with van der Waals surface area (Å²) in [5.74, 6) is 1.59. The molecule has 19 heavy (non-hydrogen) atoms. The Morgan fingerprint density at radius 2 is 1.89 bits per heavy atom. The van der Waals surface area contributed by atoms with Crippen LogP contribution in [0.3, 0.4) is 0 Å². The molecular formula is C15H22N2O2. The Labute approximate surface area is 114 Å². The zero-order valence-electron chi connectivity index (χ0n) is 11.2. The molecule has 1 aromatic carbocycles. The number of amides is 1. The Hall–Kier alpha value is -1.55. The number of carbonyl (C=O) groups excluding carboxylic acids is 1. The number of hydrogen-bond donors (Lipinski definition) is 2. The summed E-state index contributed by atoms with van der Waals surface area (Å²) in [6.45, 7) is 1.37. The van der Waals surface area contributed by atoms with E-state index in [-0.39, 0.29) is 6.09 Å². The Morgan fingerprint density at radius 1 is 1.21 bits per heavy atom. The molecule has 0 aromatic heterocycles. The summed E-state index contributed by atoms with van der Waals surface area (Å²) in [5.41, 5.74) is 5.78.